The maximum Gasteiger partial charge on any atom is 0.149 e. The Bertz CT molecular complexity index is 340. The summed E-state index contributed by atoms with van der Waals surface area (Å²) in [6.07, 6.45) is 6.17. The van der Waals surface area contributed by atoms with Gasteiger partial charge in [-0.15, -0.1) is 0 Å². The van der Waals surface area contributed by atoms with Crippen LogP contribution < -0.4 is 10.6 Å². The average molecular weight is 190 g/mol. The third kappa shape index (κ3) is 1.14. The molecule has 2 heterocycles. The van der Waals surface area contributed by atoms with Crippen LogP contribution in [0.15, 0.2) is 12.4 Å². The van der Waals surface area contributed by atoms with Crippen LogP contribution in [0.1, 0.15) is 12.8 Å². The molecule has 2 fully saturated rings. The van der Waals surface area contributed by atoms with Crippen molar-refractivity contribution in [2.45, 2.75) is 12.8 Å². The van der Waals surface area contributed by atoms with Crippen molar-refractivity contribution in [1.29, 1.82) is 0 Å². The molecule has 0 amide bonds. The van der Waals surface area contributed by atoms with Gasteiger partial charge in [0.05, 0.1) is 12.4 Å². The van der Waals surface area contributed by atoms with Crippen LogP contribution >= 0.6 is 0 Å². The first-order chi connectivity index (χ1) is 6.83. The number of nitrogens with zero attached hydrogens (tertiary/aromatic N) is 3. The van der Waals surface area contributed by atoms with E-state index < -0.39 is 0 Å². The predicted molar refractivity (Wildman–Crippen MR) is 54.9 cm³/mol. The first-order valence-electron chi connectivity index (χ1n) is 5.15. The topological polar surface area (TPSA) is 55.0 Å². The Balaban J connectivity index is 1.82. The van der Waals surface area contributed by atoms with E-state index >= 15 is 0 Å². The van der Waals surface area contributed by atoms with Gasteiger partial charge >= 0.3 is 0 Å². The van der Waals surface area contributed by atoms with Crippen LogP contribution in [0.3, 0.4) is 0 Å². The normalized spacial score (nSPS) is 29.9. The highest BCUT2D eigenvalue weighted by atomic mass is 15.2. The van der Waals surface area contributed by atoms with E-state index in [9.17, 15) is 0 Å². The molecule has 4 nitrogen and oxygen atoms in total. The maximum atomic E-state index is 5.61. The molecule has 0 bridgehead atoms. The Hall–Kier alpha value is -1.32. The Morgan fingerprint density at radius 3 is 2.50 bits per heavy atom. The van der Waals surface area contributed by atoms with Crippen LogP contribution in [0.25, 0.3) is 0 Å². The first kappa shape index (κ1) is 8.03. The number of hydrogen-bond donors (Lipinski definition) is 1. The maximum absolute atomic E-state index is 5.61. The SMILES string of the molecule is Nc1cncc(N2CC3CCC3C2)n1. The van der Waals surface area contributed by atoms with Gasteiger partial charge in [-0.25, -0.2) is 4.98 Å². The molecule has 2 aliphatic rings. The summed E-state index contributed by atoms with van der Waals surface area (Å²) < 4.78 is 0. The summed E-state index contributed by atoms with van der Waals surface area (Å²) in [4.78, 5) is 10.7. The minimum Gasteiger partial charge on any atom is -0.382 e. The quantitative estimate of drug-likeness (QED) is 0.715. The number of nitrogen functional groups attached to an aromatic ring is 1. The Labute approximate surface area is 83.1 Å². The molecular weight excluding hydrogens is 176 g/mol. The van der Waals surface area contributed by atoms with E-state index in [1.54, 1.807) is 12.4 Å². The van der Waals surface area contributed by atoms with Crippen molar-refractivity contribution < 1.29 is 0 Å². The van der Waals surface area contributed by atoms with E-state index in [2.05, 4.69) is 14.9 Å². The summed E-state index contributed by atoms with van der Waals surface area (Å²) in [6.45, 7) is 2.28. The van der Waals surface area contributed by atoms with E-state index in [1.165, 1.54) is 12.8 Å². The molecule has 1 aliphatic heterocycles. The zero-order valence-corrected chi connectivity index (χ0v) is 8.06. The van der Waals surface area contributed by atoms with Gasteiger partial charge in [-0.05, 0) is 24.7 Å². The zero-order chi connectivity index (χ0) is 9.54. The zero-order valence-electron chi connectivity index (χ0n) is 8.06. The first-order valence-corrected chi connectivity index (χ1v) is 5.15. The molecule has 2 atom stereocenters. The lowest BCUT2D eigenvalue weighted by Crippen LogP contribution is -2.22. The lowest BCUT2D eigenvalue weighted by Gasteiger charge is -2.27. The van der Waals surface area contributed by atoms with Crippen LogP contribution in [0.2, 0.25) is 0 Å². The van der Waals surface area contributed by atoms with Gasteiger partial charge in [0.2, 0.25) is 0 Å². The van der Waals surface area contributed by atoms with E-state index in [0.717, 1.165) is 30.7 Å². The lowest BCUT2D eigenvalue weighted by molar-refractivity contribution is 0.243. The summed E-state index contributed by atoms with van der Waals surface area (Å²) in [5, 5.41) is 0. The third-order valence-electron chi connectivity index (χ3n) is 3.45. The van der Waals surface area contributed by atoms with Crippen LogP contribution in [-0.2, 0) is 0 Å². The van der Waals surface area contributed by atoms with Crippen molar-refractivity contribution in [1.82, 2.24) is 9.97 Å². The van der Waals surface area contributed by atoms with Gasteiger partial charge in [-0.3, -0.25) is 4.98 Å². The van der Waals surface area contributed by atoms with Gasteiger partial charge in [-0.2, -0.15) is 0 Å². The van der Waals surface area contributed by atoms with Crippen LogP contribution in [-0.4, -0.2) is 23.1 Å². The summed E-state index contributed by atoms with van der Waals surface area (Å²) in [7, 11) is 0. The summed E-state index contributed by atoms with van der Waals surface area (Å²) in [5.41, 5.74) is 5.61. The summed E-state index contributed by atoms with van der Waals surface area (Å²) >= 11 is 0. The Morgan fingerprint density at radius 1 is 1.21 bits per heavy atom. The number of hydrogen-bond acceptors (Lipinski definition) is 4. The smallest absolute Gasteiger partial charge is 0.149 e. The Morgan fingerprint density at radius 2 is 1.93 bits per heavy atom. The minimum absolute atomic E-state index is 0.516. The fraction of sp³-hybridized carbons (Fsp3) is 0.600. The number of aromatic nitrogens is 2. The molecule has 0 spiro atoms. The highest BCUT2D eigenvalue weighted by molar-refractivity contribution is 5.43. The van der Waals surface area contributed by atoms with Crippen molar-refractivity contribution in [3.8, 4) is 0 Å². The standard InChI is InChI=1S/C10H14N4/c11-9-3-12-4-10(13-9)14-5-7-1-2-8(7)6-14/h3-4,7-8H,1-2,5-6H2,(H2,11,13). The second-order valence-corrected chi connectivity index (χ2v) is 4.30. The van der Waals surface area contributed by atoms with Gasteiger partial charge in [0.1, 0.15) is 11.6 Å². The van der Waals surface area contributed by atoms with Crippen LogP contribution in [0.5, 0.6) is 0 Å². The monoisotopic (exact) mass is 190 g/mol. The lowest BCUT2D eigenvalue weighted by atomic mass is 9.77. The molecule has 4 heteroatoms. The molecule has 1 aliphatic carbocycles. The van der Waals surface area contributed by atoms with E-state index in [0.29, 0.717) is 5.82 Å². The van der Waals surface area contributed by atoms with Crippen molar-refractivity contribution in [3.05, 3.63) is 12.4 Å². The molecule has 3 rings (SSSR count). The molecule has 0 radical (unpaired) electrons. The Kier molecular flexibility index (Phi) is 1.63. The second kappa shape index (κ2) is 2.83. The molecule has 14 heavy (non-hydrogen) atoms. The van der Waals surface area contributed by atoms with Crippen molar-refractivity contribution in [2.75, 3.05) is 23.7 Å². The fourth-order valence-electron chi connectivity index (χ4n) is 2.47. The van der Waals surface area contributed by atoms with Gasteiger partial charge in [-0.1, -0.05) is 0 Å². The summed E-state index contributed by atoms with van der Waals surface area (Å²) in [6, 6.07) is 0. The molecule has 74 valence electrons. The molecular formula is C10H14N4. The molecule has 1 saturated carbocycles. The predicted octanol–water partition coefficient (Wildman–Crippen LogP) is 0.905. The fourth-order valence-corrected chi connectivity index (χ4v) is 2.47. The molecule has 2 N–H and O–H groups in total. The van der Waals surface area contributed by atoms with Crippen molar-refractivity contribution >= 4 is 11.6 Å². The largest absolute Gasteiger partial charge is 0.382 e. The number of rotatable bonds is 1. The summed E-state index contributed by atoms with van der Waals surface area (Å²) in [5.74, 6) is 3.26. The van der Waals surface area contributed by atoms with E-state index in [-0.39, 0.29) is 0 Å². The van der Waals surface area contributed by atoms with Gasteiger partial charge < -0.3 is 10.6 Å². The van der Waals surface area contributed by atoms with Gasteiger partial charge in [0.25, 0.3) is 0 Å². The number of anilines is 2. The van der Waals surface area contributed by atoms with Crippen LogP contribution in [0.4, 0.5) is 11.6 Å². The molecule has 1 saturated heterocycles. The van der Waals surface area contributed by atoms with E-state index in [4.69, 9.17) is 5.73 Å². The molecule has 1 aromatic rings. The van der Waals surface area contributed by atoms with Crippen molar-refractivity contribution in [3.63, 3.8) is 0 Å². The van der Waals surface area contributed by atoms with Gasteiger partial charge in [0.15, 0.2) is 0 Å². The number of fused-ring (bicyclic) bond motifs is 1. The van der Waals surface area contributed by atoms with E-state index in [1.807, 2.05) is 0 Å². The highest BCUT2D eigenvalue weighted by Gasteiger charge is 2.39. The number of nitrogens with two attached hydrogens (primary N) is 1. The van der Waals surface area contributed by atoms with Crippen molar-refractivity contribution in [2.24, 2.45) is 11.8 Å². The highest BCUT2D eigenvalue weighted by Crippen LogP contribution is 2.41. The average Bonchev–Trinajstić information content (AvgIpc) is 2.43. The van der Waals surface area contributed by atoms with Gasteiger partial charge in [0, 0.05) is 13.1 Å². The second-order valence-electron chi connectivity index (χ2n) is 4.30. The molecule has 2 unspecified atom stereocenters. The third-order valence-corrected chi connectivity index (χ3v) is 3.45. The van der Waals surface area contributed by atoms with Crippen LogP contribution in [0, 0.1) is 11.8 Å². The molecule has 0 aromatic carbocycles. The minimum atomic E-state index is 0.516. The molecule has 1 aromatic heterocycles.